The van der Waals surface area contributed by atoms with E-state index < -0.39 is 25.0 Å². The lowest BCUT2D eigenvalue weighted by Crippen LogP contribution is -2.42. The summed E-state index contributed by atoms with van der Waals surface area (Å²) in [6.45, 7) is 11.3. The number of nitrogens with one attached hydrogen (secondary N) is 1. The van der Waals surface area contributed by atoms with Gasteiger partial charge in [-0.15, -0.1) is 0 Å². The molecule has 0 saturated carbocycles. The van der Waals surface area contributed by atoms with Crippen LogP contribution >= 0.6 is 0 Å². The quantitative estimate of drug-likeness (QED) is 0.351. The predicted octanol–water partition coefficient (Wildman–Crippen LogP) is 3.41. The minimum absolute atomic E-state index is 0.00650. The SMILES string of the molecule is CC(C)(C)[Si](C)(C)OCCNC(=O)Cc1cc([N+](=O)[O-])ccc1F. The van der Waals surface area contributed by atoms with Crippen molar-refractivity contribution < 1.29 is 18.5 Å². The van der Waals surface area contributed by atoms with E-state index in [0.29, 0.717) is 13.2 Å². The second-order valence-electron chi connectivity index (χ2n) is 7.17. The molecule has 0 aliphatic heterocycles. The van der Waals surface area contributed by atoms with Gasteiger partial charge in [0.2, 0.25) is 5.91 Å². The molecule has 0 radical (unpaired) electrons. The van der Waals surface area contributed by atoms with Gasteiger partial charge in [0.05, 0.1) is 18.0 Å². The van der Waals surface area contributed by atoms with Gasteiger partial charge in [-0.25, -0.2) is 4.39 Å². The largest absolute Gasteiger partial charge is 0.415 e. The van der Waals surface area contributed by atoms with Gasteiger partial charge in [0.15, 0.2) is 8.32 Å². The standard InChI is InChI=1S/C16H25FN2O4Si/c1-16(2,3)24(4,5)23-9-8-18-15(20)11-12-10-13(19(21)22)6-7-14(12)17/h6-7,10H,8-9,11H2,1-5H3,(H,18,20). The van der Waals surface area contributed by atoms with Crippen molar-refractivity contribution in [1.82, 2.24) is 5.32 Å². The fraction of sp³-hybridized carbons (Fsp3) is 0.562. The van der Waals surface area contributed by atoms with Crippen LogP contribution in [-0.2, 0) is 15.6 Å². The highest BCUT2D eigenvalue weighted by Crippen LogP contribution is 2.36. The average molecular weight is 356 g/mol. The second kappa shape index (κ2) is 7.85. The molecule has 134 valence electrons. The molecule has 0 atom stereocenters. The number of non-ortho nitro benzene ring substituents is 1. The van der Waals surface area contributed by atoms with Gasteiger partial charge in [-0.1, -0.05) is 20.8 Å². The van der Waals surface area contributed by atoms with Crippen molar-refractivity contribution in [2.24, 2.45) is 0 Å². The van der Waals surface area contributed by atoms with E-state index in [0.717, 1.165) is 18.2 Å². The summed E-state index contributed by atoms with van der Waals surface area (Å²) >= 11 is 0. The summed E-state index contributed by atoms with van der Waals surface area (Å²) in [5.41, 5.74) is -0.229. The Kier molecular flexibility index (Phi) is 6.62. The summed E-state index contributed by atoms with van der Waals surface area (Å²) in [6, 6.07) is 3.16. The molecule has 0 fully saturated rings. The first-order valence-electron chi connectivity index (χ1n) is 7.77. The molecule has 8 heteroatoms. The van der Waals surface area contributed by atoms with E-state index in [-0.39, 0.29) is 22.7 Å². The van der Waals surface area contributed by atoms with Crippen LogP contribution in [0.4, 0.5) is 10.1 Å². The molecule has 0 aliphatic rings. The maximum absolute atomic E-state index is 13.6. The number of amides is 1. The Hall–Kier alpha value is -1.80. The minimum Gasteiger partial charge on any atom is -0.415 e. The molecule has 6 nitrogen and oxygen atoms in total. The lowest BCUT2D eigenvalue weighted by atomic mass is 10.1. The molecular formula is C16H25FN2O4Si. The van der Waals surface area contributed by atoms with Crippen molar-refractivity contribution >= 4 is 19.9 Å². The molecule has 24 heavy (non-hydrogen) atoms. The summed E-state index contributed by atoms with van der Waals surface area (Å²) in [5.74, 6) is -1.03. The summed E-state index contributed by atoms with van der Waals surface area (Å²) in [5, 5.41) is 13.4. The van der Waals surface area contributed by atoms with Crippen LogP contribution in [0.5, 0.6) is 0 Å². The van der Waals surface area contributed by atoms with Gasteiger partial charge in [0.1, 0.15) is 5.82 Å². The minimum atomic E-state index is -1.87. The monoisotopic (exact) mass is 356 g/mol. The zero-order valence-electron chi connectivity index (χ0n) is 14.8. The van der Waals surface area contributed by atoms with Crippen LogP contribution in [0.1, 0.15) is 26.3 Å². The molecule has 0 aliphatic carbocycles. The van der Waals surface area contributed by atoms with Gasteiger partial charge in [-0.3, -0.25) is 14.9 Å². The zero-order chi connectivity index (χ0) is 18.5. The third-order valence-electron chi connectivity index (χ3n) is 4.28. The van der Waals surface area contributed by atoms with Crippen molar-refractivity contribution in [2.45, 2.75) is 45.3 Å². The van der Waals surface area contributed by atoms with Crippen LogP contribution in [0.25, 0.3) is 0 Å². The van der Waals surface area contributed by atoms with Gasteiger partial charge < -0.3 is 9.74 Å². The molecule has 1 aromatic carbocycles. The normalized spacial score (nSPS) is 12.1. The van der Waals surface area contributed by atoms with Crippen LogP contribution in [0, 0.1) is 15.9 Å². The Bertz CT molecular complexity index is 615. The third kappa shape index (κ3) is 5.68. The second-order valence-corrected chi connectivity index (χ2v) is 12.0. The highest BCUT2D eigenvalue weighted by atomic mass is 28.4. The van der Waals surface area contributed by atoms with Crippen LogP contribution in [0.3, 0.4) is 0 Å². The number of hydrogen-bond acceptors (Lipinski definition) is 4. The van der Waals surface area contributed by atoms with Crippen LogP contribution in [0.2, 0.25) is 18.1 Å². The van der Waals surface area contributed by atoms with E-state index in [1.165, 1.54) is 0 Å². The number of benzene rings is 1. The van der Waals surface area contributed by atoms with Crippen LogP contribution in [-0.4, -0.2) is 32.3 Å². The van der Waals surface area contributed by atoms with Gasteiger partial charge in [-0.2, -0.15) is 0 Å². The van der Waals surface area contributed by atoms with Gasteiger partial charge in [-0.05, 0) is 24.2 Å². The van der Waals surface area contributed by atoms with Crippen molar-refractivity contribution in [3.8, 4) is 0 Å². The Morgan fingerprint density at radius 1 is 1.38 bits per heavy atom. The highest BCUT2D eigenvalue weighted by Gasteiger charge is 2.36. The van der Waals surface area contributed by atoms with Crippen molar-refractivity contribution in [3.63, 3.8) is 0 Å². The number of halogens is 1. The smallest absolute Gasteiger partial charge is 0.269 e. The molecule has 0 bridgehead atoms. The Balaban J connectivity index is 2.51. The summed E-state index contributed by atoms with van der Waals surface area (Å²) < 4.78 is 19.6. The predicted molar refractivity (Wildman–Crippen MR) is 92.9 cm³/mol. The Labute approximate surface area is 142 Å². The molecule has 0 unspecified atom stereocenters. The number of rotatable bonds is 7. The Morgan fingerprint density at radius 2 is 2.00 bits per heavy atom. The molecule has 0 aromatic heterocycles. The van der Waals surface area contributed by atoms with E-state index in [2.05, 4.69) is 39.2 Å². The molecule has 0 heterocycles. The first-order chi connectivity index (χ1) is 10.9. The maximum Gasteiger partial charge on any atom is 0.269 e. The van der Waals surface area contributed by atoms with E-state index in [4.69, 9.17) is 4.43 Å². The molecule has 1 N–H and O–H groups in total. The highest BCUT2D eigenvalue weighted by molar-refractivity contribution is 6.74. The Morgan fingerprint density at radius 3 is 2.54 bits per heavy atom. The molecule has 0 saturated heterocycles. The van der Waals surface area contributed by atoms with E-state index in [1.807, 2.05) is 0 Å². The van der Waals surface area contributed by atoms with Crippen molar-refractivity contribution in [1.29, 1.82) is 0 Å². The summed E-state index contributed by atoms with van der Waals surface area (Å²) in [6.07, 6.45) is -0.242. The zero-order valence-corrected chi connectivity index (χ0v) is 15.8. The third-order valence-corrected chi connectivity index (χ3v) is 8.82. The van der Waals surface area contributed by atoms with E-state index in [1.54, 1.807) is 0 Å². The molecule has 1 amide bonds. The molecule has 1 aromatic rings. The molecule has 1 rings (SSSR count). The number of carbonyl (C=O) groups excluding carboxylic acids is 1. The van der Waals surface area contributed by atoms with Crippen molar-refractivity contribution in [3.05, 3.63) is 39.7 Å². The first kappa shape index (κ1) is 20.2. The number of nitro groups is 1. The fourth-order valence-corrected chi connectivity index (χ4v) is 2.80. The van der Waals surface area contributed by atoms with Gasteiger partial charge >= 0.3 is 0 Å². The molecular weight excluding hydrogens is 331 g/mol. The van der Waals surface area contributed by atoms with Gasteiger partial charge in [0.25, 0.3) is 5.69 Å². The number of nitro benzene ring substituents is 1. The van der Waals surface area contributed by atoms with Crippen LogP contribution in [0.15, 0.2) is 18.2 Å². The summed E-state index contributed by atoms with van der Waals surface area (Å²) in [4.78, 5) is 22.0. The summed E-state index contributed by atoms with van der Waals surface area (Å²) in [7, 11) is -1.87. The molecule has 0 spiro atoms. The lowest BCUT2D eigenvalue weighted by Gasteiger charge is -2.36. The number of hydrogen-bond donors (Lipinski definition) is 1. The number of carbonyl (C=O) groups is 1. The van der Waals surface area contributed by atoms with E-state index >= 15 is 0 Å². The fourth-order valence-electron chi connectivity index (χ4n) is 1.76. The lowest BCUT2D eigenvalue weighted by molar-refractivity contribution is -0.385. The topological polar surface area (TPSA) is 81.5 Å². The number of nitrogens with zero attached hydrogens (tertiary/aromatic N) is 1. The maximum atomic E-state index is 13.6. The van der Waals surface area contributed by atoms with Gasteiger partial charge in [0, 0.05) is 24.2 Å². The van der Waals surface area contributed by atoms with Crippen LogP contribution < -0.4 is 5.32 Å². The van der Waals surface area contributed by atoms with E-state index in [9.17, 15) is 19.3 Å². The first-order valence-corrected chi connectivity index (χ1v) is 10.7. The van der Waals surface area contributed by atoms with Crippen molar-refractivity contribution in [2.75, 3.05) is 13.2 Å². The average Bonchev–Trinajstić information content (AvgIpc) is 2.44.